The highest BCUT2D eigenvalue weighted by Gasteiger charge is 2.13. The highest BCUT2D eigenvalue weighted by Crippen LogP contribution is 2.14. The number of halogens is 1. The second kappa shape index (κ2) is 5.16. The van der Waals surface area contributed by atoms with Crippen LogP contribution in [0.2, 0.25) is 0 Å². The molecule has 2 rings (SSSR count). The van der Waals surface area contributed by atoms with Gasteiger partial charge in [-0.25, -0.2) is 0 Å². The third-order valence-electron chi connectivity index (χ3n) is 2.41. The second-order valence-corrected chi connectivity index (χ2v) is 3.36. The fourth-order valence-corrected chi connectivity index (χ4v) is 1.58. The first-order valence-electron chi connectivity index (χ1n) is 4.71. The number of hydrogen-bond donors (Lipinski definition) is 0. The molecule has 0 aromatic heterocycles. The Kier molecular flexibility index (Phi) is 4.15. The number of rotatable bonds is 2. The molecule has 0 saturated heterocycles. The lowest BCUT2D eigenvalue weighted by atomic mass is 10.2. The summed E-state index contributed by atoms with van der Waals surface area (Å²) in [5.74, 6) is 1.96. The van der Waals surface area contributed by atoms with E-state index < -0.39 is 0 Å². The average Bonchev–Trinajstić information content (AvgIpc) is 2.65. The molecule has 0 bridgehead atoms. The van der Waals surface area contributed by atoms with Crippen molar-refractivity contribution < 1.29 is 4.74 Å². The zero-order valence-corrected chi connectivity index (χ0v) is 10.6. The van der Waals surface area contributed by atoms with E-state index in [0.29, 0.717) is 0 Å². The summed E-state index contributed by atoms with van der Waals surface area (Å²) in [6.07, 6.45) is 0. The van der Waals surface area contributed by atoms with Gasteiger partial charge in [0.15, 0.2) is 0 Å². The van der Waals surface area contributed by atoms with Crippen molar-refractivity contribution in [2.75, 3.05) is 27.2 Å². The predicted octanol–water partition coefficient (Wildman–Crippen LogP) is 1.97. The van der Waals surface area contributed by atoms with Gasteiger partial charge in [-0.1, -0.05) is 0 Å². The number of hydrogen-bond acceptors (Lipinski definition) is 3. The second-order valence-electron chi connectivity index (χ2n) is 3.36. The van der Waals surface area contributed by atoms with E-state index in [9.17, 15) is 0 Å². The van der Waals surface area contributed by atoms with Gasteiger partial charge < -0.3 is 9.64 Å². The summed E-state index contributed by atoms with van der Waals surface area (Å²) < 4.78 is 5.11. The van der Waals surface area contributed by atoms with E-state index in [-0.39, 0.29) is 17.0 Å². The van der Waals surface area contributed by atoms with Crippen LogP contribution in [-0.2, 0) is 0 Å². The fourth-order valence-electron chi connectivity index (χ4n) is 1.58. The number of amidine groups is 1. The molecule has 15 heavy (non-hydrogen) atoms. The summed E-state index contributed by atoms with van der Waals surface area (Å²) in [6.45, 7) is 1.92. The lowest BCUT2D eigenvalue weighted by Gasteiger charge is -2.13. The quantitative estimate of drug-likeness (QED) is 0.821. The van der Waals surface area contributed by atoms with Crippen LogP contribution in [0.25, 0.3) is 0 Å². The minimum absolute atomic E-state index is 0. The van der Waals surface area contributed by atoms with Crippen LogP contribution in [0.4, 0.5) is 0 Å². The van der Waals surface area contributed by atoms with Crippen LogP contribution < -0.4 is 4.74 Å². The number of nitrogens with zero attached hydrogens (tertiary/aromatic N) is 2. The third kappa shape index (κ3) is 2.50. The third-order valence-corrected chi connectivity index (χ3v) is 2.41. The van der Waals surface area contributed by atoms with Gasteiger partial charge in [-0.05, 0) is 24.3 Å². The molecular weight excluding hydrogens is 256 g/mol. The van der Waals surface area contributed by atoms with Gasteiger partial charge in [-0.15, -0.1) is 17.0 Å². The van der Waals surface area contributed by atoms with E-state index in [4.69, 9.17) is 4.74 Å². The van der Waals surface area contributed by atoms with Crippen LogP contribution in [0.3, 0.4) is 0 Å². The number of likely N-dealkylation sites (N-methyl/N-ethyl adjacent to an activating group) is 1. The van der Waals surface area contributed by atoms with Crippen molar-refractivity contribution in [2.45, 2.75) is 0 Å². The molecule has 0 radical (unpaired) electrons. The Bertz CT molecular complexity index is 348. The molecule has 1 aliphatic rings. The Balaban J connectivity index is 0.00000112. The largest absolute Gasteiger partial charge is 0.497 e. The average molecular weight is 271 g/mol. The number of benzene rings is 1. The van der Waals surface area contributed by atoms with E-state index in [0.717, 1.165) is 30.2 Å². The fraction of sp³-hybridized carbons (Fsp3) is 0.364. The maximum absolute atomic E-state index is 5.11. The van der Waals surface area contributed by atoms with Crippen molar-refractivity contribution in [3.05, 3.63) is 29.8 Å². The molecule has 0 atom stereocenters. The van der Waals surface area contributed by atoms with Gasteiger partial charge in [0.25, 0.3) is 0 Å². The normalized spacial score (nSPS) is 14.5. The molecule has 82 valence electrons. The Labute approximate surface area is 101 Å². The number of methoxy groups -OCH3 is 1. The highest BCUT2D eigenvalue weighted by atomic mass is 79.9. The molecule has 0 amide bonds. The van der Waals surface area contributed by atoms with Crippen LogP contribution in [0.15, 0.2) is 29.3 Å². The van der Waals surface area contributed by atoms with Gasteiger partial charge in [0.2, 0.25) is 0 Å². The van der Waals surface area contributed by atoms with Gasteiger partial charge in [0.05, 0.1) is 13.7 Å². The standard InChI is InChI=1S/C11H14N2O.BrH/c1-13-8-7-12-11(13)9-3-5-10(14-2)6-4-9;/h3-6H,7-8H2,1-2H3;1H. The first-order chi connectivity index (χ1) is 6.81. The van der Waals surface area contributed by atoms with Crippen molar-refractivity contribution in [2.24, 2.45) is 4.99 Å². The van der Waals surface area contributed by atoms with E-state index in [1.807, 2.05) is 24.3 Å². The molecule has 3 nitrogen and oxygen atoms in total. The Morgan fingerprint density at radius 2 is 1.93 bits per heavy atom. The van der Waals surface area contributed by atoms with Gasteiger partial charge in [0, 0.05) is 19.2 Å². The summed E-state index contributed by atoms with van der Waals surface area (Å²) >= 11 is 0. The first kappa shape index (κ1) is 12.0. The van der Waals surface area contributed by atoms with Crippen molar-refractivity contribution >= 4 is 22.8 Å². The van der Waals surface area contributed by atoms with E-state index in [1.165, 1.54) is 0 Å². The molecular formula is C11H15BrN2O. The summed E-state index contributed by atoms with van der Waals surface area (Å²) in [7, 11) is 3.74. The van der Waals surface area contributed by atoms with Crippen LogP contribution in [-0.4, -0.2) is 38.0 Å². The molecule has 0 saturated carbocycles. The smallest absolute Gasteiger partial charge is 0.130 e. The predicted molar refractivity (Wildman–Crippen MR) is 67.4 cm³/mol. The molecule has 0 N–H and O–H groups in total. The van der Waals surface area contributed by atoms with Gasteiger partial charge >= 0.3 is 0 Å². The van der Waals surface area contributed by atoms with Crippen molar-refractivity contribution in [1.82, 2.24) is 4.90 Å². The summed E-state index contributed by atoms with van der Waals surface area (Å²) in [6, 6.07) is 8.01. The molecule has 0 unspecified atom stereocenters. The molecule has 0 aliphatic carbocycles. The first-order valence-corrected chi connectivity index (χ1v) is 4.71. The molecule has 1 heterocycles. The molecule has 1 aromatic carbocycles. The van der Waals surface area contributed by atoms with Gasteiger partial charge in [0.1, 0.15) is 11.6 Å². The van der Waals surface area contributed by atoms with E-state index >= 15 is 0 Å². The Hall–Kier alpha value is -1.03. The highest BCUT2D eigenvalue weighted by molar-refractivity contribution is 8.93. The van der Waals surface area contributed by atoms with Crippen LogP contribution in [0, 0.1) is 0 Å². The van der Waals surface area contributed by atoms with E-state index in [1.54, 1.807) is 7.11 Å². The number of ether oxygens (including phenoxy) is 1. The molecule has 0 fully saturated rings. The Morgan fingerprint density at radius 3 is 2.40 bits per heavy atom. The van der Waals surface area contributed by atoms with Crippen molar-refractivity contribution in [1.29, 1.82) is 0 Å². The molecule has 1 aromatic rings. The van der Waals surface area contributed by atoms with E-state index in [2.05, 4.69) is 16.9 Å². The summed E-state index contributed by atoms with van der Waals surface area (Å²) in [4.78, 5) is 6.61. The molecule has 4 heteroatoms. The Morgan fingerprint density at radius 1 is 1.27 bits per heavy atom. The lowest BCUT2D eigenvalue weighted by molar-refractivity contribution is 0.414. The monoisotopic (exact) mass is 270 g/mol. The van der Waals surface area contributed by atoms with Crippen LogP contribution in [0.5, 0.6) is 5.75 Å². The van der Waals surface area contributed by atoms with Crippen LogP contribution >= 0.6 is 17.0 Å². The maximum Gasteiger partial charge on any atom is 0.130 e. The van der Waals surface area contributed by atoms with Gasteiger partial charge in [-0.3, -0.25) is 4.99 Å². The SMILES string of the molecule is Br.COc1ccc(C2=NCCN2C)cc1. The maximum atomic E-state index is 5.11. The topological polar surface area (TPSA) is 24.8 Å². The summed E-state index contributed by atoms with van der Waals surface area (Å²) in [5.41, 5.74) is 1.16. The summed E-state index contributed by atoms with van der Waals surface area (Å²) in [5, 5.41) is 0. The molecule has 1 aliphatic heterocycles. The molecule has 0 spiro atoms. The zero-order chi connectivity index (χ0) is 9.97. The van der Waals surface area contributed by atoms with Crippen LogP contribution in [0.1, 0.15) is 5.56 Å². The number of aliphatic imine (C=N–C) groups is 1. The van der Waals surface area contributed by atoms with Gasteiger partial charge in [-0.2, -0.15) is 0 Å². The van der Waals surface area contributed by atoms with Crippen molar-refractivity contribution in [3.8, 4) is 5.75 Å². The minimum Gasteiger partial charge on any atom is -0.497 e. The van der Waals surface area contributed by atoms with Crippen molar-refractivity contribution in [3.63, 3.8) is 0 Å². The minimum atomic E-state index is 0. The zero-order valence-electron chi connectivity index (χ0n) is 8.93. The lowest BCUT2D eigenvalue weighted by Crippen LogP contribution is -2.23.